The number of carbonyl (C=O) groups is 1. The highest BCUT2D eigenvalue weighted by Crippen LogP contribution is 2.30. The number of hydrogen-bond donors (Lipinski definition) is 1. The van der Waals surface area contributed by atoms with Crippen molar-refractivity contribution in [2.45, 2.75) is 18.7 Å². The average Bonchev–Trinajstić information content (AvgIpc) is 3.04. The average molecular weight is 413 g/mol. The van der Waals surface area contributed by atoms with Gasteiger partial charge < -0.3 is 9.29 Å². The highest BCUT2D eigenvalue weighted by atomic mass is 32.2. The lowest BCUT2D eigenvalue weighted by Gasteiger charge is -2.10. The molecule has 1 heterocycles. The first-order valence-corrected chi connectivity index (χ1v) is 10.4. The Kier molecular flexibility index (Phi) is 6.07. The number of fused-ring (bicyclic) bond motifs is 1. The van der Waals surface area contributed by atoms with E-state index in [1.807, 2.05) is 37.3 Å². The van der Waals surface area contributed by atoms with E-state index >= 15 is 0 Å². The van der Waals surface area contributed by atoms with Crippen molar-refractivity contribution in [1.82, 2.24) is 0 Å². The molecule has 0 aliphatic carbocycles. The number of allylic oxidation sites excluding steroid dienone is 3. The number of quaternary nitrogens is 1. The van der Waals surface area contributed by atoms with E-state index in [1.54, 1.807) is 24.4 Å². The number of carbonyl (C=O) groups excluding carboxylic acids is 1. The lowest BCUT2D eigenvalue weighted by Crippen LogP contribution is -3.04. The lowest BCUT2D eigenvalue weighted by atomic mass is 10.3. The van der Waals surface area contributed by atoms with Gasteiger partial charge in [-0.15, -0.1) is 4.58 Å². The molecule has 3 rings (SSSR count). The van der Waals surface area contributed by atoms with Crippen LogP contribution in [0.15, 0.2) is 77.5 Å². The van der Waals surface area contributed by atoms with Gasteiger partial charge in [0.2, 0.25) is 5.69 Å². The predicted molar refractivity (Wildman–Crippen MR) is 107 cm³/mol. The minimum absolute atomic E-state index is 0.120. The predicted octanol–water partition coefficient (Wildman–Crippen LogP) is 1.88. The van der Waals surface area contributed by atoms with E-state index in [-0.39, 0.29) is 10.8 Å². The zero-order valence-corrected chi connectivity index (χ0v) is 16.8. The van der Waals surface area contributed by atoms with Crippen LogP contribution in [0.3, 0.4) is 0 Å². The van der Waals surface area contributed by atoms with Crippen LogP contribution in [-0.4, -0.2) is 36.2 Å². The molecular weight excluding hydrogens is 392 g/mol. The number of benzene rings is 2. The summed E-state index contributed by atoms with van der Waals surface area (Å²) in [4.78, 5) is 12.4. The summed E-state index contributed by atoms with van der Waals surface area (Å²) in [6.07, 6.45) is 6.85. The van der Waals surface area contributed by atoms with Gasteiger partial charge in [0.1, 0.15) is 10.1 Å². The number of nitrogens with one attached hydrogen (secondary N) is 1. The van der Waals surface area contributed by atoms with Gasteiger partial charge in [-0.05, 0) is 25.1 Å². The van der Waals surface area contributed by atoms with E-state index in [0.29, 0.717) is 23.9 Å². The summed E-state index contributed by atoms with van der Waals surface area (Å²) in [5.41, 5.74) is 1.36. The van der Waals surface area contributed by atoms with E-state index in [0.717, 1.165) is 10.6 Å². The SMILES string of the molecule is CC[NH+]1C(=CC=CC=[N+](C(C)=O)c2ccccc2)Oc2ccc(S(=O)(=O)[O-])cc21. The lowest BCUT2D eigenvalue weighted by molar-refractivity contribution is -0.793. The third-order valence-electron chi connectivity index (χ3n) is 4.40. The summed E-state index contributed by atoms with van der Waals surface area (Å²) in [7, 11) is -4.53. The second kappa shape index (κ2) is 8.52. The third kappa shape index (κ3) is 4.68. The van der Waals surface area contributed by atoms with Crippen molar-refractivity contribution < 1.29 is 32.0 Å². The van der Waals surface area contributed by atoms with Crippen LogP contribution in [0.25, 0.3) is 0 Å². The molecule has 1 amide bonds. The summed E-state index contributed by atoms with van der Waals surface area (Å²) >= 11 is 0. The summed E-state index contributed by atoms with van der Waals surface area (Å²) in [5, 5.41) is 0. The van der Waals surface area contributed by atoms with Gasteiger partial charge in [-0.25, -0.2) is 18.1 Å². The zero-order valence-electron chi connectivity index (χ0n) is 16.0. The quantitative estimate of drug-likeness (QED) is 0.459. The molecule has 150 valence electrons. The molecule has 1 unspecified atom stereocenters. The molecule has 0 radical (unpaired) electrons. The molecule has 0 saturated carbocycles. The highest BCUT2D eigenvalue weighted by Gasteiger charge is 2.31. The van der Waals surface area contributed by atoms with Gasteiger partial charge in [0.15, 0.2) is 17.7 Å². The van der Waals surface area contributed by atoms with Crippen LogP contribution in [0.4, 0.5) is 11.4 Å². The Morgan fingerprint density at radius 1 is 1.17 bits per heavy atom. The van der Waals surface area contributed by atoms with Gasteiger partial charge in [-0.1, -0.05) is 18.2 Å². The van der Waals surface area contributed by atoms with Gasteiger partial charge >= 0.3 is 11.8 Å². The van der Waals surface area contributed by atoms with Crippen LogP contribution in [-0.2, 0) is 14.9 Å². The Hall–Kier alpha value is -3.07. The molecule has 2 aromatic rings. The molecule has 1 N–H and O–H groups in total. The van der Waals surface area contributed by atoms with Crippen LogP contribution < -0.4 is 9.64 Å². The van der Waals surface area contributed by atoms with Crippen molar-refractivity contribution in [1.29, 1.82) is 0 Å². The summed E-state index contributed by atoms with van der Waals surface area (Å²) in [6, 6.07) is 13.3. The Morgan fingerprint density at radius 3 is 2.52 bits per heavy atom. The van der Waals surface area contributed by atoms with Crippen molar-refractivity contribution in [3.05, 3.63) is 72.6 Å². The maximum Gasteiger partial charge on any atom is 0.389 e. The molecule has 7 nitrogen and oxygen atoms in total. The fourth-order valence-electron chi connectivity index (χ4n) is 3.04. The van der Waals surface area contributed by atoms with Crippen LogP contribution in [0.1, 0.15) is 13.8 Å². The maximum absolute atomic E-state index is 11.9. The van der Waals surface area contributed by atoms with Crippen LogP contribution in [0.2, 0.25) is 0 Å². The fourth-order valence-corrected chi connectivity index (χ4v) is 3.54. The van der Waals surface area contributed by atoms with E-state index < -0.39 is 10.1 Å². The summed E-state index contributed by atoms with van der Waals surface area (Å²) < 4.78 is 41.2. The Balaban J connectivity index is 1.86. The smallest absolute Gasteiger partial charge is 0.389 e. The van der Waals surface area contributed by atoms with Crippen LogP contribution in [0.5, 0.6) is 5.75 Å². The molecule has 1 aliphatic rings. The van der Waals surface area contributed by atoms with Crippen molar-refractivity contribution >= 4 is 33.6 Å². The van der Waals surface area contributed by atoms with E-state index in [4.69, 9.17) is 4.74 Å². The topological polar surface area (TPSA) is 91.0 Å². The van der Waals surface area contributed by atoms with Crippen molar-refractivity contribution in [3.63, 3.8) is 0 Å². The Bertz CT molecular complexity index is 1120. The first-order chi connectivity index (χ1) is 13.8. The maximum atomic E-state index is 11.9. The molecule has 0 saturated heterocycles. The molecule has 0 bridgehead atoms. The Labute approximate surface area is 169 Å². The second-order valence-corrected chi connectivity index (χ2v) is 7.72. The van der Waals surface area contributed by atoms with Gasteiger partial charge in [0.25, 0.3) is 0 Å². The number of para-hydroxylation sites is 1. The Morgan fingerprint density at radius 2 is 1.90 bits per heavy atom. The van der Waals surface area contributed by atoms with Gasteiger partial charge in [-0.3, -0.25) is 0 Å². The van der Waals surface area contributed by atoms with E-state index in [1.165, 1.54) is 29.7 Å². The first kappa shape index (κ1) is 20.7. The zero-order chi connectivity index (χ0) is 21.0. The number of rotatable bonds is 5. The molecule has 29 heavy (non-hydrogen) atoms. The van der Waals surface area contributed by atoms with E-state index in [2.05, 4.69) is 0 Å². The number of hydrogen-bond acceptors (Lipinski definition) is 5. The molecule has 1 atom stereocenters. The number of amides is 1. The minimum atomic E-state index is -4.53. The van der Waals surface area contributed by atoms with Crippen molar-refractivity contribution in [2.24, 2.45) is 0 Å². The third-order valence-corrected chi connectivity index (χ3v) is 5.23. The molecule has 8 heteroatoms. The summed E-state index contributed by atoms with van der Waals surface area (Å²) in [5.74, 6) is 0.958. The van der Waals surface area contributed by atoms with Crippen molar-refractivity contribution in [3.8, 4) is 5.75 Å². The fraction of sp³-hybridized carbons (Fsp3) is 0.143. The van der Waals surface area contributed by atoms with Crippen LogP contribution in [0, 0.1) is 0 Å². The van der Waals surface area contributed by atoms with Crippen LogP contribution >= 0.6 is 0 Å². The number of ether oxygens (including phenoxy) is 1. The van der Waals surface area contributed by atoms with Crippen molar-refractivity contribution in [2.75, 3.05) is 6.54 Å². The highest BCUT2D eigenvalue weighted by molar-refractivity contribution is 7.85. The van der Waals surface area contributed by atoms with E-state index in [9.17, 15) is 17.8 Å². The first-order valence-electron chi connectivity index (χ1n) is 9.02. The standard InChI is InChI=1S/C21H20N2O5S/c1-3-22-19-15-18(29(25,26)27)12-13-20(19)28-21(22)11-7-8-14-23(16(2)24)17-9-5-4-6-10-17/h4-15H,3H2,1-2H3/p+1. The molecule has 0 spiro atoms. The monoisotopic (exact) mass is 413 g/mol. The second-order valence-electron chi connectivity index (χ2n) is 6.34. The van der Waals surface area contributed by atoms with Gasteiger partial charge in [0, 0.05) is 30.4 Å². The molecule has 1 aliphatic heterocycles. The minimum Gasteiger partial charge on any atom is -0.744 e. The molecular formula is C21H21N2O5S+. The normalized spacial score (nSPS) is 18.1. The molecule has 2 aromatic carbocycles. The van der Waals surface area contributed by atoms with Gasteiger partial charge in [-0.2, -0.15) is 0 Å². The largest absolute Gasteiger partial charge is 0.744 e. The van der Waals surface area contributed by atoms with Gasteiger partial charge in [0.05, 0.1) is 18.4 Å². The molecule has 0 fully saturated rings. The number of nitrogens with zero attached hydrogens (tertiary/aromatic N) is 1. The summed E-state index contributed by atoms with van der Waals surface area (Å²) in [6.45, 7) is 4.00. The molecule has 0 aromatic heterocycles.